The Labute approximate surface area is 212 Å². The van der Waals surface area contributed by atoms with Crippen LogP contribution in [-0.2, 0) is 36.0 Å². The predicted molar refractivity (Wildman–Crippen MR) is 140 cm³/mol. The fourth-order valence-electron chi connectivity index (χ4n) is 4.51. The van der Waals surface area contributed by atoms with Gasteiger partial charge in [0.25, 0.3) is 0 Å². The van der Waals surface area contributed by atoms with Crippen LogP contribution in [0.3, 0.4) is 0 Å². The Bertz CT molecular complexity index is 1280. The van der Waals surface area contributed by atoms with Crippen LogP contribution in [0.4, 0.5) is 14.5 Å². The third-order valence-corrected chi connectivity index (χ3v) is 8.37. The van der Waals surface area contributed by atoms with Crippen molar-refractivity contribution >= 4 is 15.7 Å². The number of anilines is 1. The van der Waals surface area contributed by atoms with Crippen molar-refractivity contribution in [3.05, 3.63) is 101 Å². The molecule has 1 atom stereocenters. The summed E-state index contributed by atoms with van der Waals surface area (Å²) in [7, 11) is -3.39. The highest BCUT2D eigenvalue weighted by molar-refractivity contribution is 7.93. The summed E-state index contributed by atoms with van der Waals surface area (Å²) >= 11 is 0. The lowest BCUT2D eigenvalue weighted by Gasteiger charge is -2.37. The van der Waals surface area contributed by atoms with Crippen molar-refractivity contribution in [2.45, 2.75) is 51.1 Å². The van der Waals surface area contributed by atoms with Gasteiger partial charge in [-0.25, -0.2) is 17.2 Å². The smallest absolute Gasteiger partial charge is 0.235 e. The maximum Gasteiger partial charge on any atom is 0.235 e. The van der Waals surface area contributed by atoms with Crippen LogP contribution >= 0.6 is 0 Å². The Morgan fingerprint density at radius 2 is 1.69 bits per heavy atom. The Morgan fingerprint density at radius 3 is 2.44 bits per heavy atom. The zero-order chi connectivity index (χ0) is 25.7. The molecule has 0 radical (unpaired) electrons. The van der Waals surface area contributed by atoms with E-state index in [1.165, 1.54) is 18.2 Å². The average Bonchev–Trinajstić information content (AvgIpc) is 2.83. The first-order valence-corrected chi connectivity index (χ1v) is 13.8. The molecule has 0 bridgehead atoms. The highest BCUT2D eigenvalue weighted by atomic mass is 32.2. The number of nitrogens with one attached hydrogen (secondary N) is 2. The number of halogens is 2. The van der Waals surface area contributed by atoms with Crippen LogP contribution in [0, 0.1) is 11.6 Å². The van der Waals surface area contributed by atoms with E-state index in [4.69, 9.17) is 0 Å². The summed E-state index contributed by atoms with van der Waals surface area (Å²) in [5.74, 6) is -0.473. The summed E-state index contributed by atoms with van der Waals surface area (Å²) in [4.78, 5) is 2.39. The SMILES string of the molecule is CC(C)S(=O)(=O)Nc1cccc(CNCCN2Cc3ccc(F)cc3CC2Cc2ccc(F)cc2)c1. The van der Waals surface area contributed by atoms with E-state index < -0.39 is 15.3 Å². The molecule has 0 spiro atoms. The van der Waals surface area contributed by atoms with Crippen LogP contribution in [0.25, 0.3) is 0 Å². The standard InChI is InChI=1S/C28H33F2N3O2S/c1-20(2)36(34,35)32-27-5-3-4-22(14-27)18-31-12-13-33-19-23-8-11-26(30)16-24(23)17-28(33)15-21-6-9-25(29)10-7-21/h3-11,14,16,20,28,31-32H,12-13,15,17-19H2,1-2H3. The van der Waals surface area contributed by atoms with Gasteiger partial charge >= 0.3 is 0 Å². The van der Waals surface area contributed by atoms with Crippen molar-refractivity contribution in [3.63, 3.8) is 0 Å². The lowest BCUT2D eigenvalue weighted by atomic mass is 9.90. The van der Waals surface area contributed by atoms with E-state index in [9.17, 15) is 17.2 Å². The third-order valence-electron chi connectivity index (χ3n) is 6.61. The van der Waals surface area contributed by atoms with E-state index in [2.05, 4.69) is 14.9 Å². The first-order chi connectivity index (χ1) is 17.2. The first-order valence-electron chi connectivity index (χ1n) is 12.3. The van der Waals surface area contributed by atoms with E-state index in [0.717, 1.165) is 54.7 Å². The molecule has 36 heavy (non-hydrogen) atoms. The second-order valence-corrected chi connectivity index (χ2v) is 11.9. The van der Waals surface area contributed by atoms with E-state index in [1.54, 1.807) is 26.0 Å². The number of benzene rings is 3. The van der Waals surface area contributed by atoms with Gasteiger partial charge in [0.05, 0.1) is 5.25 Å². The van der Waals surface area contributed by atoms with Crippen molar-refractivity contribution in [1.29, 1.82) is 0 Å². The topological polar surface area (TPSA) is 61.4 Å². The van der Waals surface area contributed by atoms with Crippen LogP contribution in [0.15, 0.2) is 66.7 Å². The minimum atomic E-state index is -3.39. The highest BCUT2D eigenvalue weighted by Gasteiger charge is 2.26. The van der Waals surface area contributed by atoms with Crippen molar-refractivity contribution in [2.75, 3.05) is 17.8 Å². The van der Waals surface area contributed by atoms with Crippen molar-refractivity contribution in [2.24, 2.45) is 0 Å². The molecule has 3 aromatic carbocycles. The summed E-state index contributed by atoms with van der Waals surface area (Å²) in [6, 6.07) is 19.2. The molecule has 1 heterocycles. The number of hydrogen-bond acceptors (Lipinski definition) is 4. The largest absolute Gasteiger partial charge is 0.311 e. The monoisotopic (exact) mass is 513 g/mol. The molecule has 3 aromatic rings. The van der Waals surface area contributed by atoms with Gasteiger partial charge in [0.15, 0.2) is 0 Å². The van der Waals surface area contributed by atoms with Gasteiger partial charge in [-0.05, 0) is 85.3 Å². The van der Waals surface area contributed by atoms with E-state index >= 15 is 0 Å². The molecule has 1 aliphatic heterocycles. The van der Waals surface area contributed by atoms with Crippen molar-refractivity contribution < 1.29 is 17.2 Å². The van der Waals surface area contributed by atoms with Crippen LogP contribution in [0.5, 0.6) is 0 Å². The zero-order valence-electron chi connectivity index (χ0n) is 20.7. The zero-order valence-corrected chi connectivity index (χ0v) is 21.5. The van der Waals surface area contributed by atoms with Gasteiger partial charge in [0.1, 0.15) is 11.6 Å². The number of rotatable bonds is 10. The van der Waals surface area contributed by atoms with E-state index in [-0.39, 0.29) is 17.7 Å². The normalized spacial score (nSPS) is 16.2. The molecule has 0 saturated heterocycles. The molecule has 1 unspecified atom stereocenters. The summed E-state index contributed by atoms with van der Waals surface area (Å²) < 4.78 is 54.2. The quantitative estimate of drug-likeness (QED) is 0.380. The molecular weight excluding hydrogens is 480 g/mol. The molecule has 4 rings (SSSR count). The molecule has 8 heteroatoms. The predicted octanol–water partition coefficient (Wildman–Crippen LogP) is 4.87. The second kappa shape index (κ2) is 11.5. The fraction of sp³-hybridized carbons (Fsp3) is 0.357. The van der Waals surface area contributed by atoms with Gasteiger partial charge in [-0.15, -0.1) is 0 Å². The summed E-state index contributed by atoms with van der Waals surface area (Å²) in [6.07, 6.45) is 1.50. The van der Waals surface area contributed by atoms with Gasteiger partial charge in [0, 0.05) is 37.9 Å². The van der Waals surface area contributed by atoms with Crippen molar-refractivity contribution in [3.8, 4) is 0 Å². The number of nitrogens with zero attached hydrogens (tertiary/aromatic N) is 1. The van der Waals surface area contributed by atoms with Gasteiger partial charge in [0.2, 0.25) is 10.0 Å². The van der Waals surface area contributed by atoms with E-state index in [0.29, 0.717) is 12.2 Å². The first kappa shape index (κ1) is 26.3. The van der Waals surface area contributed by atoms with Crippen LogP contribution < -0.4 is 10.0 Å². The summed E-state index contributed by atoms with van der Waals surface area (Å²) in [6.45, 7) is 6.16. The summed E-state index contributed by atoms with van der Waals surface area (Å²) in [5.41, 5.74) is 4.77. The maximum atomic E-state index is 13.9. The van der Waals surface area contributed by atoms with Crippen LogP contribution in [0.1, 0.15) is 36.1 Å². The van der Waals surface area contributed by atoms with Crippen LogP contribution in [0.2, 0.25) is 0 Å². The maximum absolute atomic E-state index is 13.9. The second-order valence-electron chi connectivity index (χ2n) is 9.65. The number of fused-ring (bicyclic) bond motifs is 1. The lowest BCUT2D eigenvalue weighted by molar-refractivity contribution is 0.170. The van der Waals surface area contributed by atoms with Gasteiger partial charge in [-0.2, -0.15) is 0 Å². The Morgan fingerprint density at radius 1 is 0.944 bits per heavy atom. The van der Waals surface area contributed by atoms with Gasteiger partial charge in [-0.1, -0.05) is 30.3 Å². The third kappa shape index (κ3) is 6.90. The molecule has 0 saturated carbocycles. The minimum absolute atomic E-state index is 0.181. The van der Waals surface area contributed by atoms with Crippen molar-refractivity contribution in [1.82, 2.24) is 10.2 Å². The minimum Gasteiger partial charge on any atom is -0.311 e. The molecule has 0 fully saturated rings. The fourth-order valence-corrected chi connectivity index (χ4v) is 5.20. The van der Waals surface area contributed by atoms with Gasteiger partial charge < -0.3 is 5.32 Å². The van der Waals surface area contributed by atoms with Crippen LogP contribution in [-0.4, -0.2) is 37.7 Å². The molecule has 0 amide bonds. The molecule has 1 aliphatic rings. The average molecular weight is 514 g/mol. The molecule has 5 nitrogen and oxygen atoms in total. The summed E-state index contributed by atoms with van der Waals surface area (Å²) in [5, 5.41) is 2.95. The number of hydrogen-bond donors (Lipinski definition) is 2. The number of sulfonamides is 1. The molecular formula is C28H33F2N3O2S. The Balaban J connectivity index is 1.37. The highest BCUT2D eigenvalue weighted by Crippen LogP contribution is 2.26. The Hall–Kier alpha value is -2.81. The molecule has 192 valence electrons. The van der Waals surface area contributed by atoms with E-state index in [1.807, 2.05) is 36.4 Å². The Kier molecular flexibility index (Phi) is 8.39. The lowest BCUT2D eigenvalue weighted by Crippen LogP contribution is -2.44. The molecule has 0 aliphatic carbocycles. The molecule has 0 aromatic heterocycles. The van der Waals surface area contributed by atoms with Gasteiger partial charge in [-0.3, -0.25) is 9.62 Å². The molecule has 2 N–H and O–H groups in total.